The van der Waals surface area contributed by atoms with Crippen molar-refractivity contribution in [3.05, 3.63) is 59.7 Å². The van der Waals surface area contributed by atoms with Gasteiger partial charge in [-0.05, 0) is 18.2 Å². The van der Waals surface area contributed by atoms with Crippen LogP contribution in [0.2, 0.25) is 0 Å². The maximum Gasteiger partial charge on any atom is 0.298 e. The lowest BCUT2D eigenvalue weighted by Gasteiger charge is -2.33. The van der Waals surface area contributed by atoms with Crippen molar-refractivity contribution in [1.82, 2.24) is 9.88 Å². The van der Waals surface area contributed by atoms with E-state index in [2.05, 4.69) is 4.98 Å². The first-order valence-corrected chi connectivity index (χ1v) is 7.92. The molecule has 3 aromatic rings. The van der Waals surface area contributed by atoms with Gasteiger partial charge in [-0.2, -0.15) is 4.98 Å². The Kier molecular flexibility index (Phi) is 3.83. The highest BCUT2D eigenvalue weighted by Crippen LogP contribution is 2.23. The number of rotatable bonds is 3. The third kappa shape index (κ3) is 3.05. The Bertz CT molecular complexity index is 908. The summed E-state index contributed by atoms with van der Waals surface area (Å²) in [6.45, 7) is 1.16. The van der Waals surface area contributed by atoms with Crippen molar-refractivity contribution >= 4 is 23.0 Å². The van der Waals surface area contributed by atoms with Crippen LogP contribution in [0.4, 0.5) is 14.8 Å². The lowest BCUT2D eigenvalue weighted by Crippen LogP contribution is -2.50. The molecule has 1 fully saturated rings. The second-order valence-corrected chi connectivity index (χ2v) is 5.94. The van der Waals surface area contributed by atoms with E-state index in [-0.39, 0.29) is 19.0 Å². The van der Waals surface area contributed by atoms with Gasteiger partial charge in [0.1, 0.15) is 23.7 Å². The van der Waals surface area contributed by atoms with Gasteiger partial charge in [0.05, 0.1) is 0 Å². The molecule has 2 aromatic carbocycles. The Balaban J connectivity index is 1.47. The molecule has 1 aliphatic rings. The van der Waals surface area contributed by atoms with Gasteiger partial charge in [-0.1, -0.05) is 18.2 Å². The van der Waals surface area contributed by atoms with Crippen LogP contribution in [0.3, 0.4) is 0 Å². The number of anilines is 1. The highest BCUT2D eigenvalue weighted by Gasteiger charge is 2.27. The number of hydrogen-bond acceptors (Lipinski definition) is 4. The fraction of sp³-hybridized carbons (Fsp3) is 0.222. The van der Waals surface area contributed by atoms with Crippen LogP contribution in [0.1, 0.15) is 5.56 Å². The van der Waals surface area contributed by atoms with E-state index in [9.17, 15) is 13.6 Å². The summed E-state index contributed by atoms with van der Waals surface area (Å²) in [6.07, 6.45) is 0. The van der Waals surface area contributed by atoms with E-state index < -0.39 is 11.6 Å². The molecule has 128 valence electrons. The zero-order valence-corrected chi connectivity index (χ0v) is 13.3. The van der Waals surface area contributed by atoms with E-state index in [4.69, 9.17) is 4.42 Å². The molecule has 0 N–H and O–H groups in total. The minimum Gasteiger partial charge on any atom is -0.423 e. The molecule has 4 rings (SSSR count). The first kappa shape index (κ1) is 15.6. The van der Waals surface area contributed by atoms with Gasteiger partial charge in [-0.25, -0.2) is 8.78 Å². The largest absolute Gasteiger partial charge is 0.423 e. The molecule has 0 spiro atoms. The number of nitrogens with zero attached hydrogens (tertiary/aromatic N) is 3. The minimum absolute atomic E-state index is 0.107. The van der Waals surface area contributed by atoms with Crippen LogP contribution in [0.15, 0.2) is 46.9 Å². The van der Waals surface area contributed by atoms with Crippen molar-refractivity contribution in [2.45, 2.75) is 6.54 Å². The smallest absolute Gasteiger partial charge is 0.298 e. The van der Waals surface area contributed by atoms with E-state index in [0.29, 0.717) is 30.3 Å². The first-order chi connectivity index (χ1) is 12.1. The Labute approximate surface area is 142 Å². The van der Waals surface area contributed by atoms with Crippen LogP contribution in [0.25, 0.3) is 11.1 Å². The van der Waals surface area contributed by atoms with E-state index in [0.717, 1.165) is 11.6 Å². The summed E-state index contributed by atoms with van der Waals surface area (Å²) < 4.78 is 32.4. The number of piperazine rings is 1. The average Bonchev–Trinajstić information content (AvgIpc) is 3.03. The third-order valence-corrected chi connectivity index (χ3v) is 4.25. The molecule has 0 aliphatic carbocycles. The maximum atomic E-state index is 13.8. The molecule has 1 aliphatic heterocycles. The Morgan fingerprint density at radius 1 is 1.12 bits per heavy atom. The third-order valence-electron chi connectivity index (χ3n) is 4.25. The number of carbonyl (C=O) groups is 1. The predicted octanol–water partition coefficient (Wildman–Crippen LogP) is 2.95. The van der Waals surface area contributed by atoms with E-state index in [1.54, 1.807) is 9.80 Å². The number of amides is 1. The van der Waals surface area contributed by atoms with Crippen LogP contribution >= 0.6 is 0 Å². The van der Waals surface area contributed by atoms with E-state index in [1.165, 1.54) is 12.1 Å². The number of oxazole rings is 1. The molecule has 5 nitrogen and oxygen atoms in total. The molecule has 0 atom stereocenters. The SMILES string of the molecule is O=C1CN(c2nc3ccccc3o2)CCN1Cc1ccc(F)cc1F. The van der Waals surface area contributed by atoms with Gasteiger partial charge in [0.2, 0.25) is 5.91 Å². The van der Waals surface area contributed by atoms with E-state index >= 15 is 0 Å². The predicted molar refractivity (Wildman–Crippen MR) is 88.0 cm³/mol. The molecule has 1 amide bonds. The fourth-order valence-corrected chi connectivity index (χ4v) is 2.89. The van der Waals surface area contributed by atoms with Crippen molar-refractivity contribution < 1.29 is 18.0 Å². The number of carbonyl (C=O) groups excluding carboxylic acids is 1. The summed E-state index contributed by atoms with van der Waals surface area (Å²) in [6, 6.07) is 11.2. The van der Waals surface area contributed by atoms with Crippen molar-refractivity contribution in [1.29, 1.82) is 0 Å². The van der Waals surface area contributed by atoms with Gasteiger partial charge in [0.15, 0.2) is 5.58 Å². The number of aromatic nitrogens is 1. The first-order valence-electron chi connectivity index (χ1n) is 7.92. The van der Waals surface area contributed by atoms with Crippen LogP contribution in [0.5, 0.6) is 0 Å². The van der Waals surface area contributed by atoms with Gasteiger partial charge < -0.3 is 14.2 Å². The molecule has 0 bridgehead atoms. The molecule has 1 saturated heterocycles. The van der Waals surface area contributed by atoms with Crippen molar-refractivity contribution in [3.8, 4) is 0 Å². The Morgan fingerprint density at radius 3 is 2.72 bits per heavy atom. The molecule has 1 aromatic heterocycles. The lowest BCUT2D eigenvalue weighted by atomic mass is 10.1. The van der Waals surface area contributed by atoms with Gasteiger partial charge in [0, 0.05) is 31.3 Å². The Morgan fingerprint density at radius 2 is 1.96 bits per heavy atom. The summed E-state index contributed by atoms with van der Waals surface area (Å²) in [5.74, 6) is -1.43. The molecule has 7 heteroatoms. The van der Waals surface area contributed by atoms with Gasteiger partial charge in [-0.3, -0.25) is 4.79 Å². The van der Waals surface area contributed by atoms with Crippen molar-refractivity contribution in [2.24, 2.45) is 0 Å². The number of halogens is 2. The van der Waals surface area contributed by atoms with Crippen LogP contribution in [-0.2, 0) is 11.3 Å². The molecule has 2 heterocycles. The summed E-state index contributed by atoms with van der Waals surface area (Å²) in [5.41, 5.74) is 1.70. The van der Waals surface area contributed by atoms with Crippen LogP contribution < -0.4 is 4.90 Å². The fourth-order valence-electron chi connectivity index (χ4n) is 2.89. The highest BCUT2D eigenvalue weighted by atomic mass is 19.1. The normalized spacial score (nSPS) is 15.2. The number of hydrogen-bond donors (Lipinski definition) is 0. The molecule has 0 unspecified atom stereocenters. The zero-order valence-electron chi connectivity index (χ0n) is 13.3. The van der Waals surface area contributed by atoms with Gasteiger partial charge in [0.25, 0.3) is 6.01 Å². The quantitative estimate of drug-likeness (QED) is 0.734. The molecule has 0 radical (unpaired) electrons. The summed E-state index contributed by atoms with van der Waals surface area (Å²) in [4.78, 5) is 20.1. The van der Waals surface area contributed by atoms with Crippen LogP contribution in [-0.4, -0.2) is 35.4 Å². The van der Waals surface area contributed by atoms with Crippen molar-refractivity contribution in [3.63, 3.8) is 0 Å². The number of fused-ring (bicyclic) bond motifs is 1. The minimum atomic E-state index is -0.644. The average molecular weight is 343 g/mol. The summed E-state index contributed by atoms with van der Waals surface area (Å²) in [7, 11) is 0. The Hall–Kier alpha value is -2.96. The molecule has 0 saturated carbocycles. The number of para-hydroxylation sites is 2. The maximum absolute atomic E-state index is 13.8. The standard InChI is InChI=1S/C18H15F2N3O2/c19-13-6-5-12(14(20)9-13)10-22-7-8-23(11-17(22)24)18-21-15-3-1-2-4-16(15)25-18/h1-6,9H,7-8,10-11H2. The van der Waals surface area contributed by atoms with Gasteiger partial charge in [-0.15, -0.1) is 0 Å². The molecule has 25 heavy (non-hydrogen) atoms. The number of benzene rings is 2. The van der Waals surface area contributed by atoms with E-state index in [1.807, 2.05) is 24.3 Å². The molecular formula is C18H15F2N3O2. The monoisotopic (exact) mass is 343 g/mol. The summed E-state index contributed by atoms with van der Waals surface area (Å²) >= 11 is 0. The second kappa shape index (κ2) is 6.16. The van der Waals surface area contributed by atoms with Crippen molar-refractivity contribution in [2.75, 3.05) is 24.5 Å². The summed E-state index contributed by atoms with van der Waals surface area (Å²) in [5, 5.41) is 0. The van der Waals surface area contributed by atoms with Crippen LogP contribution in [0, 0.1) is 11.6 Å². The van der Waals surface area contributed by atoms with Gasteiger partial charge >= 0.3 is 0 Å². The topological polar surface area (TPSA) is 49.6 Å². The zero-order chi connectivity index (χ0) is 17.4. The highest BCUT2D eigenvalue weighted by molar-refractivity contribution is 5.83. The second-order valence-electron chi connectivity index (χ2n) is 5.94. The lowest BCUT2D eigenvalue weighted by molar-refractivity contribution is -0.131. The molecular weight excluding hydrogens is 328 g/mol.